The summed E-state index contributed by atoms with van der Waals surface area (Å²) in [5.41, 5.74) is 8.15. The van der Waals surface area contributed by atoms with Crippen LogP contribution in [0.15, 0.2) is 24.3 Å². The highest BCUT2D eigenvalue weighted by Gasteiger charge is 2.23. The summed E-state index contributed by atoms with van der Waals surface area (Å²) in [5, 5.41) is 5.54. The molecule has 1 aromatic carbocycles. The van der Waals surface area contributed by atoms with Crippen LogP contribution in [0.2, 0.25) is 0 Å². The lowest BCUT2D eigenvalue weighted by atomic mass is 10.0. The Labute approximate surface area is 185 Å². The summed E-state index contributed by atoms with van der Waals surface area (Å²) in [7, 11) is 0. The number of nitrogens with one attached hydrogen (secondary N) is 2. The first-order chi connectivity index (χ1) is 12.9. The summed E-state index contributed by atoms with van der Waals surface area (Å²) in [6, 6.07) is 7.84. The van der Waals surface area contributed by atoms with E-state index in [9.17, 15) is 9.59 Å². The van der Waals surface area contributed by atoms with E-state index in [1.54, 1.807) is 0 Å². The maximum atomic E-state index is 12.2. The van der Waals surface area contributed by atoms with Crippen LogP contribution in [0.4, 0.5) is 0 Å². The molecule has 4 N–H and O–H groups in total. The molecular formula is C20H34Cl2N4O3. The molecule has 1 unspecified atom stereocenters. The molecule has 0 bridgehead atoms. The van der Waals surface area contributed by atoms with Crippen LogP contribution in [0.1, 0.15) is 31.0 Å². The molecule has 29 heavy (non-hydrogen) atoms. The van der Waals surface area contributed by atoms with Crippen molar-refractivity contribution in [2.45, 2.75) is 32.9 Å². The standard InChI is InChI=1S/C20H32N4O3.2ClH/c1-14(2)19(21)20(26)23-13-18(25)22-12-17(24-8-10-27-11-9-24)16-6-4-15(3)5-7-16;;/h4-7,14,17,19H,8-13,21H2,1-3H3,(H,22,25)(H,23,26);2*1H/t17?,19-;;/m0../s1. The zero-order chi connectivity index (χ0) is 19.8. The van der Waals surface area contributed by atoms with Gasteiger partial charge in [0.1, 0.15) is 0 Å². The number of benzene rings is 1. The van der Waals surface area contributed by atoms with E-state index in [4.69, 9.17) is 10.5 Å². The fraction of sp³-hybridized carbons (Fsp3) is 0.600. The third kappa shape index (κ3) is 8.88. The van der Waals surface area contributed by atoms with Gasteiger partial charge in [0.25, 0.3) is 0 Å². The highest BCUT2D eigenvalue weighted by Crippen LogP contribution is 2.21. The molecular weight excluding hydrogens is 415 g/mol. The molecule has 0 aromatic heterocycles. The van der Waals surface area contributed by atoms with Crippen molar-refractivity contribution in [3.05, 3.63) is 35.4 Å². The Morgan fingerprint density at radius 3 is 2.24 bits per heavy atom. The number of aryl methyl sites for hydroxylation is 1. The molecule has 1 heterocycles. The number of rotatable bonds is 8. The minimum atomic E-state index is -0.605. The lowest BCUT2D eigenvalue weighted by Crippen LogP contribution is -2.48. The number of nitrogens with two attached hydrogens (primary N) is 1. The first-order valence-electron chi connectivity index (χ1n) is 9.57. The van der Waals surface area contributed by atoms with Gasteiger partial charge in [-0.2, -0.15) is 0 Å². The molecule has 166 valence electrons. The lowest BCUT2D eigenvalue weighted by Gasteiger charge is -2.35. The monoisotopic (exact) mass is 448 g/mol. The maximum absolute atomic E-state index is 12.2. The maximum Gasteiger partial charge on any atom is 0.239 e. The molecule has 0 saturated carbocycles. The lowest BCUT2D eigenvalue weighted by molar-refractivity contribution is -0.127. The van der Waals surface area contributed by atoms with E-state index in [1.165, 1.54) is 5.56 Å². The van der Waals surface area contributed by atoms with Gasteiger partial charge in [0.15, 0.2) is 0 Å². The van der Waals surface area contributed by atoms with Crippen LogP contribution < -0.4 is 16.4 Å². The number of amides is 2. The summed E-state index contributed by atoms with van der Waals surface area (Å²) in [4.78, 5) is 26.4. The van der Waals surface area contributed by atoms with Gasteiger partial charge in [-0.25, -0.2) is 0 Å². The molecule has 9 heteroatoms. The van der Waals surface area contributed by atoms with Crippen molar-refractivity contribution >= 4 is 36.6 Å². The molecule has 1 fully saturated rings. The number of carbonyl (C=O) groups excluding carboxylic acids is 2. The Bertz CT molecular complexity index is 623. The normalized spacial score (nSPS) is 16.2. The second-order valence-corrected chi connectivity index (χ2v) is 7.37. The molecule has 1 saturated heterocycles. The Morgan fingerprint density at radius 1 is 1.10 bits per heavy atom. The van der Waals surface area contributed by atoms with Crippen LogP contribution in [0.25, 0.3) is 0 Å². The van der Waals surface area contributed by atoms with Crippen LogP contribution in [-0.2, 0) is 14.3 Å². The van der Waals surface area contributed by atoms with Crippen LogP contribution in [0.3, 0.4) is 0 Å². The van der Waals surface area contributed by atoms with Gasteiger partial charge in [-0.3, -0.25) is 14.5 Å². The Morgan fingerprint density at radius 2 is 1.69 bits per heavy atom. The molecule has 0 radical (unpaired) electrons. The van der Waals surface area contributed by atoms with Gasteiger partial charge < -0.3 is 21.1 Å². The second-order valence-electron chi connectivity index (χ2n) is 7.37. The summed E-state index contributed by atoms with van der Waals surface area (Å²) < 4.78 is 5.45. The predicted octanol–water partition coefficient (Wildman–Crippen LogP) is 1.43. The molecule has 0 aliphatic carbocycles. The van der Waals surface area contributed by atoms with Crippen LogP contribution in [0.5, 0.6) is 0 Å². The quantitative estimate of drug-likeness (QED) is 0.558. The average Bonchev–Trinajstić information content (AvgIpc) is 2.67. The van der Waals surface area contributed by atoms with E-state index in [0.717, 1.165) is 18.7 Å². The summed E-state index contributed by atoms with van der Waals surface area (Å²) >= 11 is 0. The number of morpholine rings is 1. The molecule has 2 rings (SSSR count). The van der Waals surface area contributed by atoms with Crippen molar-refractivity contribution in [3.8, 4) is 0 Å². The van der Waals surface area contributed by atoms with Gasteiger partial charge in [-0.05, 0) is 18.4 Å². The van der Waals surface area contributed by atoms with Crippen molar-refractivity contribution in [2.75, 3.05) is 39.4 Å². The molecule has 1 aliphatic rings. The van der Waals surface area contributed by atoms with Crippen molar-refractivity contribution in [1.29, 1.82) is 0 Å². The van der Waals surface area contributed by atoms with E-state index >= 15 is 0 Å². The predicted molar refractivity (Wildman–Crippen MR) is 120 cm³/mol. The molecule has 1 aliphatic heterocycles. The van der Waals surface area contributed by atoms with Gasteiger partial charge >= 0.3 is 0 Å². The molecule has 2 atom stereocenters. The number of hydrogen-bond donors (Lipinski definition) is 3. The topological polar surface area (TPSA) is 96.7 Å². The van der Waals surface area contributed by atoms with Crippen molar-refractivity contribution in [2.24, 2.45) is 11.7 Å². The van der Waals surface area contributed by atoms with E-state index < -0.39 is 6.04 Å². The number of halogens is 2. The van der Waals surface area contributed by atoms with E-state index in [-0.39, 0.29) is 55.1 Å². The highest BCUT2D eigenvalue weighted by molar-refractivity contribution is 5.87. The highest BCUT2D eigenvalue weighted by atomic mass is 35.5. The van der Waals surface area contributed by atoms with Gasteiger partial charge in [0, 0.05) is 19.6 Å². The third-order valence-corrected chi connectivity index (χ3v) is 4.89. The van der Waals surface area contributed by atoms with Crippen LogP contribution in [0, 0.1) is 12.8 Å². The Kier molecular flexibility index (Phi) is 13.1. The molecule has 7 nitrogen and oxygen atoms in total. The van der Waals surface area contributed by atoms with E-state index in [2.05, 4.69) is 46.7 Å². The van der Waals surface area contributed by atoms with E-state index in [0.29, 0.717) is 19.8 Å². The second kappa shape index (κ2) is 13.8. The zero-order valence-corrected chi connectivity index (χ0v) is 19.0. The zero-order valence-electron chi connectivity index (χ0n) is 17.3. The summed E-state index contributed by atoms with van der Waals surface area (Å²) in [6.45, 7) is 9.26. The van der Waals surface area contributed by atoms with Crippen molar-refractivity contribution in [3.63, 3.8) is 0 Å². The molecule has 1 aromatic rings. The number of ether oxygens (including phenoxy) is 1. The largest absolute Gasteiger partial charge is 0.379 e. The smallest absolute Gasteiger partial charge is 0.239 e. The summed E-state index contributed by atoms with van der Waals surface area (Å²) in [6.07, 6.45) is 0. The van der Waals surface area contributed by atoms with Crippen LogP contribution >= 0.6 is 24.8 Å². The minimum Gasteiger partial charge on any atom is -0.379 e. The molecule has 2 amide bonds. The SMILES string of the molecule is Cc1ccc(C(CNC(=O)CNC(=O)[C@@H](N)C(C)C)N2CCOCC2)cc1.Cl.Cl. The third-order valence-electron chi connectivity index (χ3n) is 4.89. The van der Waals surface area contributed by atoms with Gasteiger partial charge in [0.2, 0.25) is 11.8 Å². The fourth-order valence-corrected chi connectivity index (χ4v) is 3.00. The van der Waals surface area contributed by atoms with E-state index in [1.807, 2.05) is 13.8 Å². The first kappa shape index (κ1) is 27.6. The van der Waals surface area contributed by atoms with Crippen molar-refractivity contribution < 1.29 is 14.3 Å². The number of nitrogens with zero attached hydrogens (tertiary/aromatic N) is 1. The van der Waals surface area contributed by atoms with Gasteiger partial charge in [-0.1, -0.05) is 43.7 Å². The number of carbonyl (C=O) groups is 2. The number of hydrogen-bond acceptors (Lipinski definition) is 5. The first-order valence-corrected chi connectivity index (χ1v) is 9.57. The van der Waals surface area contributed by atoms with Gasteiger partial charge in [-0.15, -0.1) is 24.8 Å². The Hall–Kier alpha value is -1.38. The fourth-order valence-electron chi connectivity index (χ4n) is 3.00. The Balaban J connectivity index is 0.00000392. The van der Waals surface area contributed by atoms with Gasteiger partial charge in [0.05, 0.1) is 31.8 Å². The average molecular weight is 449 g/mol. The van der Waals surface area contributed by atoms with Crippen LogP contribution in [-0.4, -0.2) is 62.1 Å². The van der Waals surface area contributed by atoms with Crippen molar-refractivity contribution in [1.82, 2.24) is 15.5 Å². The molecule has 0 spiro atoms. The minimum absolute atomic E-state index is 0. The summed E-state index contributed by atoms with van der Waals surface area (Å²) in [5.74, 6) is -0.492.